The molecule has 0 saturated heterocycles. The second-order valence-corrected chi connectivity index (χ2v) is 4.31. The van der Waals surface area contributed by atoms with E-state index in [0.29, 0.717) is 0 Å². The maximum Gasteiger partial charge on any atom is 0.338 e. The smallest absolute Gasteiger partial charge is 0.338 e. The van der Waals surface area contributed by atoms with Crippen molar-refractivity contribution in [2.75, 3.05) is 0 Å². The lowest BCUT2D eigenvalue weighted by molar-refractivity contribution is 0.0695. The van der Waals surface area contributed by atoms with E-state index in [9.17, 15) is 9.59 Å². The number of amides is 1. The van der Waals surface area contributed by atoms with Gasteiger partial charge in [-0.1, -0.05) is 19.3 Å². The van der Waals surface area contributed by atoms with Crippen molar-refractivity contribution in [1.82, 2.24) is 5.32 Å². The lowest BCUT2D eigenvalue weighted by atomic mass is 9.95. The van der Waals surface area contributed by atoms with Crippen LogP contribution in [-0.2, 0) is 0 Å². The Labute approximate surface area is 98.8 Å². The van der Waals surface area contributed by atoms with Crippen molar-refractivity contribution in [1.29, 1.82) is 0 Å². The molecule has 17 heavy (non-hydrogen) atoms. The molecule has 1 aromatic heterocycles. The van der Waals surface area contributed by atoms with E-state index < -0.39 is 5.97 Å². The molecule has 1 aromatic rings. The second-order valence-electron chi connectivity index (χ2n) is 4.31. The van der Waals surface area contributed by atoms with Crippen molar-refractivity contribution < 1.29 is 19.1 Å². The molecule has 0 aromatic carbocycles. The van der Waals surface area contributed by atoms with Crippen LogP contribution >= 0.6 is 0 Å². The van der Waals surface area contributed by atoms with Gasteiger partial charge in [0.05, 0.1) is 5.56 Å². The zero-order valence-corrected chi connectivity index (χ0v) is 9.44. The van der Waals surface area contributed by atoms with E-state index in [1.165, 1.54) is 12.5 Å². The highest BCUT2D eigenvalue weighted by molar-refractivity contribution is 5.95. The fourth-order valence-electron chi connectivity index (χ4n) is 2.07. The monoisotopic (exact) mass is 237 g/mol. The van der Waals surface area contributed by atoms with E-state index in [-0.39, 0.29) is 23.3 Å². The molecule has 0 aliphatic heterocycles. The van der Waals surface area contributed by atoms with Gasteiger partial charge in [0.25, 0.3) is 5.91 Å². The molecule has 1 aliphatic carbocycles. The summed E-state index contributed by atoms with van der Waals surface area (Å²) in [5.41, 5.74) is -0.00112. The Bertz CT molecular complexity index is 418. The molecule has 1 amide bonds. The zero-order valence-electron chi connectivity index (χ0n) is 9.44. The van der Waals surface area contributed by atoms with Crippen LogP contribution in [0.15, 0.2) is 16.7 Å². The Kier molecular flexibility index (Phi) is 3.46. The van der Waals surface area contributed by atoms with Crippen molar-refractivity contribution in [3.8, 4) is 0 Å². The molecule has 1 fully saturated rings. The topological polar surface area (TPSA) is 79.5 Å². The SMILES string of the molecule is O=C(O)c1coc(C(=O)NC2CCCCC2)c1. The van der Waals surface area contributed by atoms with Crippen molar-refractivity contribution >= 4 is 11.9 Å². The van der Waals surface area contributed by atoms with Crippen LogP contribution in [0.4, 0.5) is 0 Å². The molecule has 0 atom stereocenters. The van der Waals surface area contributed by atoms with Gasteiger partial charge in [0.1, 0.15) is 6.26 Å². The minimum Gasteiger partial charge on any atom is -0.478 e. The quantitative estimate of drug-likeness (QED) is 0.843. The largest absolute Gasteiger partial charge is 0.478 e. The van der Waals surface area contributed by atoms with E-state index >= 15 is 0 Å². The van der Waals surface area contributed by atoms with Crippen LogP contribution in [0.3, 0.4) is 0 Å². The van der Waals surface area contributed by atoms with Gasteiger partial charge in [-0.2, -0.15) is 0 Å². The summed E-state index contributed by atoms with van der Waals surface area (Å²) in [5, 5.41) is 11.6. The first kappa shape index (κ1) is 11.7. The summed E-state index contributed by atoms with van der Waals surface area (Å²) in [6.45, 7) is 0. The van der Waals surface area contributed by atoms with Gasteiger partial charge in [-0.05, 0) is 12.8 Å². The molecule has 5 nitrogen and oxygen atoms in total. The number of nitrogens with one attached hydrogen (secondary N) is 1. The highest BCUT2D eigenvalue weighted by Crippen LogP contribution is 2.18. The van der Waals surface area contributed by atoms with Gasteiger partial charge in [-0.25, -0.2) is 4.79 Å². The molecule has 1 saturated carbocycles. The summed E-state index contributed by atoms with van der Waals surface area (Å²) in [4.78, 5) is 22.4. The van der Waals surface area contributed by atoms with Crippen molar-refractivity contribution in [2.45, 2.75) is 38.1 Å². The maximum atomic E-state index is 11.8. The summed E-state index contributed by atoms with van der Waals surface area (Å²) < 4.78 is 4.94. The van der Waals surface area contributed by atoms with Crippen LogP contribution in [0.5, 0.6) is 0 Å². The van der Waals surface area contributed by atoms with E-state index in [4.69, 9.17) is 9.52 Å². The van der Waals surface area contributed by atoms with E-state index in [1.807, 2.05) is 0 Å². The predicted molar refractivity (Wildman–Crippen MR) is 60.0 cm³/mol. The fraction of sp³-hybridized carbons (Fsp3) is 0.500. The first-order valence-electron chi connectivity index (χ1n) is 5.79. The van der Waals surface area contributed by atoms with Crippen molar-refractivity contribution in [3.63, 3.8) is 0 Å². The number of hydrogen-bond donors (Lipinski definition) is 2. The maximum absolute atomic E-state index is 11.8. The average Bonchev–Trinajstić information content (AvgIpc) is 2.79. The van der Waals surface area contributed by atoms with Gasteiger partial charge in [-0.3, -0.25) is 4.79 Å². The summed E-state index contributed by atoms with van der Waals surface area (Å²) >= 11 is 0. The van der Waals surface area contributed by atoms with Gasteiger partial charge in [0.2, 0.25) is 0 Å². The average molecular weight is 237 g/mol. The Morgan fingerprint density at radius 3 is 2.59 bits per heavy atom. The van der Waals surface area contributed by atoms with Gasteiger partial charge < -0.3 is 14.8 Å². The number of hydrogen-bond acceptors (Lipinski definition) is 3. The number of aromatic carboxylic acids is 1. The molecular formula is C12H15NO4. The highest BCUT2D eigenvalue weighted by atomic mass is 16.4. The minimum absolute atomic E-state index is 0.00112. The highest BCUT2D eigenvalue weighted by Gasteiger charge is 2.19. The van der Waals surface area contributed by atoms with Crippen LogP contribution in [0.25, 0.3) is 0 Å². The molecule has 0 radical (unpaired) electrons. The van der Waals surface area contributed by atoms with Crippen LogP contribution in [0.2, 0.25) is 0 Å². The second kappa shape index (κ2) is 5.03. The molecule has 5 heteroatoms. The number of furan rings is 1. The summed E-state index contributed by atoms with van der Waals surface area (Å²) in [6.07, 6.45) is 6.53. The molecule has 2 N–H and O–H groups in total. The minimum atomic E-state index is -1.09. The molecular weight excluding hydrogens is 222 g/mol. The van der Waals surface area contributed by atoms with Crippen LogP contribution in [-0.4, -0.2) is 23.0 Å². The Balaban J connectivity index is 1.96. The standard InChI is InChI=1S/C12H15NO4/c14-11(13-9-4-2-1-3-5-9)10-6-8(7-17-10)12(15)16/h6-7,9H,1-5H2,(H,13,14)(H,15,16). The van der Waals surface area contributed by atoms with Gasteiger partial charge >= 0.3 is 5.97 Å². The third-order valence-corrected chi connectivity index (χ3v) is 3.01. The van der Waals surface area contributed by atoms with Crippen molar-refractivity contribution in [2.24, 2.45) is 0 Å². The van der Waals surface area contributed by atoms with Crippen LogP contribution in [0, 0.1) is 0 Å². The van der Waals surface area contributed by atoms with Crippen molar-refractivity contribution in [3.05, 3.63) is 23.7 Å². The molecule has 2 rings (SSSR count). The van der Waals surface area contributed by atoms with Gasteiger partial charge in [-0.15, -0.1) is 0 Å². The first-order valence-corrected chi connectivity index (χ1v) is 5.79. The molecule has 92 valence electrons. The third kappa shape index (κ3) is 2.87. The van der Waals surface area contributed by atoms with E-state index in [1.54, 1.807) is 0 Å². The molecule has 1 heterocycles. The lowest BCUT2D eigenvalue weighted by Crippen LogP contribution is -2.35. The number of carbonyl (C=O) groups is 2. The molecule has 0 bridgehead atoms. The third-order valence-electron chi connectivity index (χ3n) is 3.01. The molecule has 0 spiro atoms. The summed E-state index contributed by atoms with van der Waals surface area (Å²) in [6, 6.07) is 1.44. The van der Waals surface area contributed by atoms with Crippen LogP contribution < -0.4 is 5.32 Å². The fourth-order valence-corrected chi connectivity index (χ4v) is 2.07. The van der Waals surface area contributed by atoms with Gasteiger partial charge in [0.15, 0.2) is 5.76 Å². The van der Waals surface area contributed by atoms with Gasteiger partial charge in [0, 0.05) is 12.1 Å². The zero-order chi connectivity index (χ0) is 12.3. The molecule has 1 aliphatic rings. The number of carboxylic acid groups (broad SMARTS) is 1. The predicted octanol–water partition coefficient (Wildman–Crippen LogP) is 2.04. The number of carboxylic acids is 1. The van der Waals surface area contributed by atoms with E-state index in [0.717, 1.165) is 31.9 Å². The van der Waals surface area contributed by atoms with Crippen LogP contribution in [0.1, 0.15) is 53.0 Å². The number of rotatable bonds is 3. The normalized spacial score (nSPS) is 16.7. The van der Waals surface area contributed by atoms with E-state index in [2.05, 4.69) is 5.32 Å². The first-order chi connectivity index (χ1) is 8.16. The summed E-state index contributed by atoms with van der Waals surface area (Å²) in [7, 11) is 0. The molecule has 0 unspecified atom stereocenters. The summed E-state index contributed by atoms with van der Waals surface area (Å²) in [5.74, 6) is -1.36. The Hall–Kier alpha value is -1.78. The Morgan fingerprint density at radius 1 is 1.29 bits per heavy atom. The Morgan fingerprint density at radius 2 is 2.00 bits per heavy atom. The number of carbonyl (C=O) groups excluding carboxylic acids is 1. The lowest BCUT2D eigenvalue weighted by Gasteiger charge is -2.22.